The molecule has 112 valence electrons. The van der Waals surface area contributed by atoms with E-state index in [1.54, 1.807) is 0 Å². The van der Waals surface area contributed by atoms with Gasteiger partial charge in [0.15, 0.2) is 11.5 Å². The van der Waals surface area contributed by atoms with Crippen LogP contribution in [-0.4, -0.2) is 19.3 Å². The van der Waals surface area contributed by atoms with Gasteiger partial charge >= 0.3 is 0 Å². The summed E-state index contributed by atoms with van der Waals surface area (Å²) in [7, 11) is 0. The van der Waals surface area contributed by atoms with Crippen LogP contribution in [0.4, 0.5) is 0 Å². The third-order valence-electron chi connectivity index (χ3n) is 4.11. The molecule has 1 aliphatic carbocycles. The lowest BCUT2D eigenvalue weighted by atomic mass is 9.93. The maximum Gasteiger partial charge on any atom is 0.161 e. The normalized spacial score (nSPS) is 23.1. The minimum atomic E-state index is 0.350. The summed E-state index contributed by atoms with van der Waals surface area (Å²) < 4.78 is 11.5. The van der Waals surface area contributed by atoms with E-state index in [1.807, 2.05) is 31.2 Å². The molecule has 0 spiro atoms. The number of hydrogen-bond donors (Lipinski definition) is 1. The molecule has 2 N–H and O–H groups in total. The van der Waals surface area contributed by atoms with Crippen molar-refractivity contribution in [2.75, 3.05) is 13.2 Å². The Kier molecular flexibility index (Phi) is 6.19. The van der Waals surface area contributed by atoms with Gasteiger partial charge in [0, 0.05) is 6.04 Å². The highest BCUT2D eigenvalue weighted by Gasteiger charge is 2.20. The molecule has 0 amide bonds. The Labute approximate surface area is 122 Å². The molecule has 0 radical (unpaired) electrons. The smallest absolute Gasteiger partial charge is 0.161 e. The van der Waals surface area contributed by atoms with Crippen molar-refractivity contribution >= 4 is 0 Å². The van der Waals surface area contributed by atoms with Gasteiger partial charge < -0.3 is 15.2 Å². The van der Waals surface area contributed by atoms with Crippen molar-refractivity contribution in [3.63, 3.8) is 0 Å². The maximum atomic E-state index is 6.26. The van der Waals surface area contributed by atoms with E-state index >= 15 is 0 Å². The molecular weight excluding hydrogens is 250 g/mol. The Morgan fingerprint density at radius 2 is 1.75 bits per heavy atom. The van der Waals surface area contributed by atoms with Crippen LogP contribution in [0.25, 0.3) is 0 Å². The standard InChI is InChI=1S/C17H27NO2/c1-2-19-16-10-6-7-11-17(16)20-13-12-14-8-4-3-5-9-15(14)18/h6-7,10-11,14-15H,2-5,8-9,12-13,18H2,1H3. The number of rotatable bonds is 6. The lowest BCUT2D eigenvalue weighted by Gasteiger charge is -2.21. The first-order valence-electron chi connectivity index (χ1n) is 7.91. The van der Waals surface area contributed by atoms with Crippen LogP contribution in [0.15, 0.2) is 24.3 Å². The van der Waals surface area contributed by atoms with Crippen LogP contribution in [0.3, 0.4) is 0 Å². The van der Waals surface area contributed by atoms with Gasteiger partial charge in [0.1, 0.15) is 0 Å². The Balaban J connectivity index is 1.83. The Hall–Kier alpha value is -1.22. The summed E-state index contributed by atoms with van der Waals surface area (Å²) >= 11 is 0. The van der Waals surface area contributed by atoms with E-state index in [9.17, 15) is 0 Å². The average molecular weight is 277 g/mol. The highest BCUT2D eigenvalue weighted by atomic mass is 16.5. The van der Waals surface area contributed by atoms with Crippen molar-refractivity contribution in [1.29, 1.82) is 0 Å². The molecule has 2 atom stereocenters. The van der Waals surface area contributed by atoms with Crippen molar-refractivity contribution in [2.24, 2.45) is 11.7 Å². The summed E-state index contributed by atoms with van der Waals surface area (Å²) in [4.78, 5) is 0. The van der Waals surface area contributed by atoms with Crippen molar-refractivity contribution in [2.45, 2.75) is 51.5 Å². The molecule has 1 saturated carbocycles. The molecule has 1 fully saturated rings. The van der Waals surface area contributed by atoms with E-state index in [0.29, 0.717) is 18.6 Å². The minimum absolute atomic E-state index is 0.350. The van der Waals surface area contributed by atoms with E-state index in [0.717, 1.165) is 24.5 Å². The fourth-order valence-electron chi connectivity index (χ4n) is 2.94. The minimum Gasteiger partial charge on any atom is -0.490 e. The van der Waals surface area contributed by atoms with Gasteiger partial charge in [-0.3, -0.25) is 0 Å². The Morgan fingerprint density at radius 1 is 1.05 bits per heavy atom. The monoisotopic (exact) mass is 277 g/mol. The zero-order valence-electron chi connectivity index (χ0n) is 12.5. The molecule has 2 rings (SSSR count). The van der Waals surface area contributed by atoms with Crippen LogP contribution in [0.2, 0.25) is 0 Å². The molecule has 0 saturated heterocycles. The molecule has 0 aromatic heterocycles. The van der Waals surface area contributed by atoms with E-state index in [1.165, 1.54) is 32.1 Å². The first kappa shape index (κ1) is 15.2. The molecule has 3 nitrogen and oxygen atoms in total. The van der Waals surface area contributed by atoms with Crippen LogP contribution in [0, 0.1) is 5.92 Å². The first-order valence-corrected chi connectivity index (χ1v) is 7.91. The third kappa shape index (κ3) is 4.41. The van der Waals surface area contributed by atoms with E-state index < -0.39 is 0 Å². The molecule has 0 bridgehead atoms. The second kappa shape index (κ2) is 8.15. The molecule has 0 aliphatic heterocycles. The lowest BCUT2D eigenvalue weighted by molar-refractivity contribution is 0.239. The topological polar surface area (TPSA) is 44.5 Å². The van der Waals surface area contributed by atoms with E-state index in [2.05, 4.69) is 0 Å². The number of hydrogen-bond acceptors (Lipinski definition) is 3. The van der Waals surface area contributed by atoms with E-state index in [-0.39, 0.29) is 0 Å². The van der Waals surface area contributed by atoms with Gasteiger partial charge in [0.2, 0.25) is 0 Å². The summed E-state index contributed by atoms with van der Waals surface area (Å²) in [5.74, 6) is 2.29. The fraction of sp³-hybridized carbons (Fsp3) is 0.647. The van der Waals surface area contributed by atoms with Gasteiger partial charge in [-0.05, 0) is 44.2 Å². The van der Waals surface area contributed by atoms with Gasteiger partial charge in [-0.15, -0.1) is 0 Å². The van der Waals surface area contributed by atoms with Gasteiger partial charge in [0.25, 0.3) is 0 Å². The van der Waals surface area contributed by atoms with Gasteiger partial charge in [-0.25, -0.2) is 0 Å². The molecule has 0 heterocycles. The molecular formula is C17H27NO2. The predicted molar refractivity (Wildman–Crippen MR) is 82.3 cm³/mol. The van der Waals surface area contributed by atoms with Crippen LogP contribution in [0.1, 0.15) is 45.4 Å². The van der Waals surface area contributed by atoms with Crippen LogP contribution < -0.4 is 15.2 Å². The van der Waals surface area contributed by atoms with Crippen molar-refractivity contribution in [3.8, 4) is 11.5 Å². The molecule has 1 aliphatic rings. The summed E-state index contributed by atoms with van der Waals surface area (Å²) in [6.45, 7) is 3.37. The van der Waals surface area contributed by atoms with Gasteiger partial charge in [-0.1, -0.05) is 31.4 Å². The second-order valence-corrected chi connectivity index (χ2v) is 5.58. The molecule has 1 aromatic carbocycles. The van der Waals surface area contributed by atoms with Crippen molar-refractivity contribution < 1.29 is 9.47 Å². The number of benzene rings is 1. The third-order valence-corrected chi connectivity index (χ3v) is 4.11. The number of para-hydroxylation sites is 2. The molecule has 1 aromatic rings. The SMILES string of the molecule is CCOc1ccccc1OCCC1CCCCCC1N. The average Bonchev–Trinajstić information content (AvgIpc) is 2.66. The van der Waals surface area contributed by atoms with Gasteiger partial charge in [0.05, 0.1) is 13.2 Å². The zero-order valence-corrected chi connectivity index (χ0v) is 12.5. The van der Waals surface area contributed by atoms with Crippen LogP contribution >= 0.6 is 0 Å². The lowest BCUT2D eigenvalue weighted by Crippen LogP contribution is -2.30. The van der Waals surface area contributed by atoms with Gasteiger partial charge in [-0.2, -0.15) is 0 Å². The Bertz CT molecular complexity index is 394. The highest BCUT2D eigenvalue weighted by molar-refractivity contribution is 5.39. The zero-order chi connectivity index (χ0) is 14.2. The van der Waals surface area contributed by atoms with Crippen molar-refractivity contribution in [3.05, 3.63) is 24.3 Å². The molecule has 20 heavy (non-hydrogen) atoms. The second-order valence-electron chi connectivity index (χ2n) is 5.58. The molecule has 3 heteroatoms. The summed E-state index contributed by atoms with van der Waals surface area (Å²) in [5.41, 5.74) is 6.26. The fourth-order valence-corrected chi connectivity index (χ4v) is 2.94. The predicted octanol–water partition coefficient (Wildman–Crippen LogP) is 3.76. The summed E-state index contributed by atoms with van der Waals surface area (Å²) in [6.07, 6.45) is 7.39. The number of nitrogens with two attached hydrogens (primary N) is 1. The first-order chi connectivity index (χ1) is 9.81. The van der Waals surface area contributed by atoms with Crippen molar-refractivity contribution in [1.82, 2.24) is 0 Å². The van der Waals surface area contributed by atoms with Crippen LogP contribution in [0.5, 0.6) is 11.5 Å². The summed E-state index contributed by atoms with van der Waals surface area (Å²) in [5, 5.41) is 0. The highest BCUT2D eigenvalue weighted by Crippen LogP contribution is 2.28. The largest absolute Gasteiger partial charge is 0.490 e. The van der Waals surface area contributed by atoms with E-state index in [4.69, 9.17) is 15.2 Å². The maximum absolute atomic E-state index is 6.26. The molecule has 2 unspecified atom stereocenters. The quantitative estimate of drug-likeness (QED) is 0.805. The summed E-state index contributed by atoms with van der Waals surface area (Å²) in [6, 6.07) is 8.23. The number of ether oxygens (including phenoxy) is 2. The Morgan fingerprint density at radius 3 is 2.50 bits per heavy atom. The van der Waals surface area contributed by atoms with Crippen LogP contribution in [-0.2, 0) is 0 Å².